The molecule has 130 valence electrons. The van der Waals surface area contributed by atoms with E-state index in [9.17, 15) is 4.39 Å². The van der Waals surface area contributed by atoms with Gasteiger partial charge in [-0.3, -0.25) is 4.99 Å². The van der Waals surface area contributed by atoms with E-state index in [1.54, 1.807) is 12.1 Å². The molecule has 1 aromatic rings. The number of rotatable bonds is 2. The summed E-state index contributed by atoms with van der Waals surface area (Å²) < 4.78 is 19.7. The van der Waals surface area contributed by atoms with Crippen LogP contribution in [0, 0.1) is 11.2 Å². The van der Waals surface area contributed by atoms with Gasteiger partial charge in [-0.15, -0.1) is 0 Å². The zero-order valence-electron chi connectivity index (χ0n) is 13.9. The van der Waals surface area contributed by atoms with Crippen LogP contribution in [0.15, 0.2) is 23.2 Å². The van der Waals surface area contributed by atoms with Gasteiger partial charge in [-0.1, -0.05) is 17.7 Å². The first-order valence-corrected chi connectivity index (χ1v) is 9.00. The fourth-order valence-electron chi connectivity index (χ4n) is 4.09. The van der Waals surface area contributed by atoms with Crippen molar-refractivity contribution in [2.45, 2.75) is 31.2 Å². The van der Waals surface area contributed by atoms with Gasteiger partial charge in [0.2, 0.25) is 0 Å². The number of ether oxygens (including phenoxy) is 1. The van der Waals surface area contributed by atoms with E-state index in [-0.39, 0.29) is 17.8 Å². The van der Waals surface area contributed by atoms with Crippen LogP contribution in [-0.2, 0) is 4.74 Å². The molecule has 0 radical (unpaired) electrons. The maximum atomic E-state index is 14.1. The van der Waals surface area contributed by atoms with E-state index in [2.05, 4.69) is 15.2 Å². The lowest BCUT2D eigenvalue weighted by Crippen LogP contribution is -2.42. The van der Waals surface area contributed by atoms with Crippen molar-refractivity contribution in [1.29, 1.82) is 0 Å². The largest absolute Gasteiger partial charge is 0.381 e. The average molecular weight is 352 g/mol. The van der Waals surface area contributed by atoms with Crippen LogP contribution in [0.4, 0.5) is 4.39 Å². The molecule has 3 aliphatic rings. The van der Waals surface area contributed by atoms with Crippen LogP contribution in [0.2, 0.25) is 5.02 Å². The molecule has 1 aliphatic carbocycles. The number of nitrogens with zero attached hydrogens (tertiary/aromatic N) is 2. The Morgan fingerprint density at radius 2 is 2.33 bits per heavy atom. The second kappa shape index (κ2) is 6.19. The molecule has 3 atom stereocenters. The fourth-order valence-corrected chi connectivity index (χ4v) is 4.39. The number of benzene rings is 1. The van der Waals surface area contributed by atoms with Crippen LogP contribution in [0.1, 0.15) is 30.7 Å². The molecule has 1 spiro atoms. The average Bonchev–Trinajstić information content (AvgIpc) is 2.97. The molecule has 4 rings (SSSR count). The smallest absolute Gasteiger partial charge is 0.193 e. The lowest BCUT2D eigenvalue weighted by atomic mass is 9.87. The fraction of sp³-hybridized carbons (Fsp3) is 0.611. The first kappa shape index (κ1) is 16.2. The van der Waals surface area contributed by atoms with E-state index in [4.69, 9.17) is 16.3 Å². The zero-order valence-corrected chi connectivity index (χ0v) is 14.7. The van der Waals surface area contributed by atoms with Crippen LogP contribution in [-0.4, -0.2) is 50.3 Å². The number of hydrogen-bond donors (Lipinski definition) is 1. The molecule has 0 amide bonds. The molecule has 2 saturated heterocycles. The third-order valence-electron chi connectivity index (χ3n) is 5.61. The van der Waals surface area contributed by atoms with Gasteiger partial charge in [0.25, 0.3) is 0 Å². The Morgan fingerprint density at radius 3 is 3.04 bits per heavy atom. The van der Waals surface area contributed by atoms with Gasteiger partial charge in [0, 0.05) is 54.7 Å². The number of likely N-dealkylation sites (tertiary alicyclic amines) is 1. The number of aliphatic imine (C=N–C) groups is 1. The molecule has 2 aliphatic heterocycles. The molecule has 6 heteroatoms. The highest BCUT2D eigenvalue weighted by Gasteiger charge is 2.45. The van der Waals surface area contributed by atoms with E-state index in [0.29, 0.717) is 16.0 Å². The van der Waals surface area contributed by atoms with Crippen molar-refractivity contribution in [2.24, 2.45) is 10.4 Å². The Morgan fingerprint density at radius 1 is 1.46 bits per heavy atom. The number of guanidine groups is 1. The Balaban J connectivity index is 1.41. The predicted molar refractivity (Wildman–Crippen MR) is 93.1 cm³/mol. The highest BCUT2D eigenvalue weighted by molar-refractivity contribution is 6.31. The summed E-state index contributed by atoms with van der Waals surface area (Å²) in [5.74, 6) is 0.829. The van der Waals surface area contributed by atoms with Gasteiger partial charge in [0.1, 0.15) is 5.82 Å². The molecule has 3 fully saturated rings. The van der Waals surface area contributed by atoms with Crippen LogP contribution in [0.25, 0.3) is 0 Å². The van der Waals surface area contributed by atoms with Crippen LogP contribution < -0.4 is 5.32 Å². The SMILES string of the molecule is CN=C(NC1CC1c1c(F)cccc1Cl)N1CCC2(CCOC2)C1. The summed E-state index contributed by atoms with van der Waals surface area (Å²) in [5.41, 5.74) is 0.935. The summed E-state index contributed by atoms with van der Waals surface area (Å²) in [4.78, 5) is 6.75. The zero-order chi connectivity index (χ0) is 16.7. The van der Waals surface area contributed by atoms with E-state index in [1.807, 2.05) is 7.05 Å². The molecule has 1 saturated carbocycles. The maximum Gasteiger partial charge on any atom is 0.193 e. The van der Waals surface area contributed by atoms with Crippen LogP contribution in [0.3, 0.4) is 0 Å². The Kier molecular flexibility index (Phi) is 4.17. The minimum absolute atomic E-state index is 0.127. The molecule has 2 heterocycles. The topological polar surface area (TPSA) is 36.9 Å². The summed E-state index contributed by atoms with van der Waals surface area (Å²) >= 11 is 6.19. The number of nitrogens with one attached hydrogen (secondary N) is 1. The van der Waals surface area contributed by atoms with Crippen molar-refractivity contribution in [3.05, 3.63) is 34.6 Å². The van der Waals surface area contributed by atoms with Crippen molar-refractivity contribution in [2.75, 3.05) is 33.4 Å². The minimum atomic E-state index is -0.213. The quantitative estimate of drug-likeness (QED) is 0.657. The summed E-state index contributed by atoms with van der Waals surface area (Å²) in [6.45, 7) is 3.72. The summed E-state index contributed by atoms with van der Waals surface area (Å²) in [6, 6.07) is 5.09. The normalized spacial score (nSPS) is 32.6. The molecular formula is C18H23ClFN3O. The first-order chi connectivity index (χ1) is 11.6. The second-order valence-corrected chi connectivity index (χ2v) is 7.66. The molecule has 1 aromatic carbocycles. The number of hydrogen-bond acceptors (Lipinski definition) is 2. The third kappa shape index (κ3) is 2.88. The van der Waals surface area contributed by atoms with Crippen molar-refractivity contribution in [3.8, 4) is 0 Å². The van der Waals surface area contributed by atoms with Crippen LogP contribution in [0.5, 0.6) is 0 Å². The predicted octanol–water partition coefficient (Wildman–Crippen LogP) is 3.02. The molecule has 4 nitrogen and oxygen atoms in total. The van der Waals surface area contributed by atoms with Crippen molar-refractivity contribution in [3.63, 3.8) is 0 Å². The van der Waals surface area contributed by atoms with E-state index in [0.717, 1.165) is 51.5 Å². The standard InChI is InChI=1S/C18H23ClFN3O/c1-21-17(23-7-5-18(10-23)6-8-24-11-18)22-15-9-12(15)16-13(19)3-2-4-14(16)20/h2-4,12,15H,5-11H2,1H3,(H,21,22). The van der Waals surface area contributed by atoms with Gasteiger partial charge in [-0.05, 0) is 31.4 Å². The Labute approximate surface area is 147 Å². The maximum absolute atomic E-state index is 14.1. The molecular weight excluding hydrogens is 329 g/mol. The third-order valence-corrected chi connectivity index (χ3v) is 5.94. The summed E-state index contributed by atoms with van der Waals surface area (Å²) in [7, 11) is 1.81. The lowest BCUT2D eigenvalue weighted by Gasteiger charge is -2.25. The van der Waals surface area contributed by atoms with Gasteiger partial charge in [-0.25, -0.2) is 4.39 Å². The van der Waals surface area contributed by atoms with Crippen molar-refractivity contribution < 1.29 is 9.13 Å². The monoisotopic (exact) mass is 351 g/mol. The highest BCUT2D eigenvalue weighted by Crippen LogP contribution is 2.45. The van der Waals surface area contributed by atoms with Crippen molar-refractivity contribution >= 4 is 17.6 Å². The molecule has 0 aromatic heterocycles. The molecule has 24 heavy (non-hydrogen) atoms. The van der Waals surface area contributed by atoms with Gasteiger partial charge in [-0.2, -0.15) is 0 Å². The van der Waals surface area contributed by atoms with Gasteiger partial charge >= 0.3 is 0 Å². The Bertz CT molecular complexity index is 639. The highest BCUT2D eigenvalue weighted by atomic mass is 35.5. The first-order valence-electron chi connectivity index (χ1n) is 8.62. The lowest BCUT2D eigenvalue weighted by molar-refractivity contribution is 0.156. The van der Waals surface area contributed by atoms with Gasteiger partial charge in [0.15, 0.2) is 5.96 Å². The molecule has 3 unspecified atom stereocenters. The second-order valence-electron chi connectivity index (χ2n) is 7.25. The van der Waals surface area contributed by atoms with E-state index in [1.165, 1.54) is 6.07 Å². The number of halogens is 2. The summed E-state index contributed by atoms with van der Waals surface area (Å²) in [6.07, 6.45) is 3.18. The minimum Gasteiger partial charge on any atom is -0.381 e. The summed E-state index contributed by atoms with van der Waals surface area (Å²) in [5, 5.41) is 4.02. The van der Waals surface area contributed by atoms with Gasteiger partial charge in [0.05, 0.1) is 6.61 Å². The van der Waals surface area contributed by atoms with Crippen molar-refractivity contribution in [1.82, 2.24) is 10.2 Å². The van der Waals surface area contributed by atoms with Crippen LogP contribution >= 0.6 is 11.6 Å². The van der Waals surface area contributed by atoms with E-state index >= 15 is 0 Å². The van der Waals surface area contributed by atoms with E-state index < -0.39 is 0 Å². The molecule has 1 N–H and O–H groups in total. The molecule has 0 bridgehead atoms. The van der Waals surface area contributed by atoms with Gasteiger partial charge < -0.3 is 15.0 Å². The Hall–Kier alpha value is -1.33.